The van der Waals surface area contributed by atoms with Crippen LogP contribution in [0.15, 0.2) is 12.4 Å². The molecule has 0 aromatic carbocycles. The van der Waals surface area contributed by atoms with Gasteiger partial charge in [-0.15, -0.1) is 0 Å². The fourth-order valence-electron chi connectivity index (χ4n) is 0.573. The molecular weight excluding hydrogens is 223 g/mol. The monoisotopic (exact) mass is 244 g/mol. The highest BCUT2D eigenvalue weighted by Gasteiger charge is 2.31. The van der Waals surface area contributed by atoms with Crippen LogP contribution < -0.4 is 5.46 Å². The number of hydrogen-bond acceptors (Lipinski definition) is 5. The van der Waals surface area contributed by atoms with Crippen LogP contribution in [0.3, 0.4) is 0 Å². The molecule has 4 N–H and O–H groups in total. The largest absolute Gasteiger partial charge is 0.491 e. The van der Waals surface area contributed by atoms with Crippen molar-refractivity contribution in [2.24, 2.45) is 7.05 Å². The Morgan fingerprint density at radius 2 is 1.53 bits per heavy atom. The quantitative estimate of drug-likeness (QED) is 0.481. The summed E-state index contributed by atoms with van der Waals surface area (Å²) in [5.41, 5.74) is -1.60. The zero-order valence-electron chi connectivity index (χ0n) is 10.9. The Labute approximate surface area is 102 Å². The molecule has 0 bridgehead atoms. The third-order valence-electron chi connectivity index (χ3n) is 2.52. The molecule has 17 heavy (non-hydrogen) atoms. The number of aliphatic hydroxyl groups is 2. The molecule has 0 aliphatic carbocycles. The fraction of sp³-hybridized carbons (Fsp3) is 0.700. The van der Waals surface area contributed by atoms with Crippen molar-refractivity contribution in [1.29, 1.82) is 0 Å². The van der Waals surface area contributed by atoms with Crippen molar-refractivity contribution in [3.8, 4) is 0 Å². The minimum atomic E-state index is -1.40. The molecule has 0 aliphatic heterocycles. The third-order valence-corrected chi connectivity index (χ3v) is 2.52. The van der Waals surface area contributed by atoms with E-state index in [1.54, 1.807) is 40.9 Å². The van der Waals surface area contributed by atoms with Gasteiger partial charge >= 0.3 is 7.12 Å². The Morgan fingerprint density at radius 3 is 1.65 bits per heavy atom. The van der Waals surface area contributed by atoms with Crippen LogP contribution in [0.25, 0.3) is 0 Å². The van der Waals surface area contributed by atoms with Crippen molar-refractivity contribution in [2.45, 2.75) is 38.9 Å². The van der Waals surface area contributed by atoms with Crippen LogP contribution in [0.2, 0.25) is 0 Å². The Hall–Kier alpha value is -0.885. The highest BCUT2D eigenvalue weighted by atomic mass is 16.4. The van der Waals surface area contributed by atoms with E-state index in [0.29, 0.717) is 5.46 Å². The summed E-state index contributed by atoms with van der Waals surface area (Å²) < 4.78 is 1.51. The van der Waals surface area contributed by atoms with Crippen LogP contribution in [-0.4, -0.2) is 48.4 Å². The van der Waals surface area contributed by atoms with Gasteiger partial charge in [0.15, 0.2) is 0 Å². The molecule has 0 aliphatic rings. The van der Waals surface area contributed by atoms with Crippen molar-refractivity contribution in [2.75, 3.05) is 0 Å². The molecule has 1 aromatic heterocycles. The number of aryl methyl sites for hydroxylation is 1. The van der Waals surface area contributed by atoms with E-state index in [1.807, 2.05) is 0 Å². The molecule has 1 heterocycles. The second kappa shape index (κ2) is 5.64. The maximum absolute atomic E-state index is 9.10. The molecule has 1 rings (SSSR count). The molecule has 0 fully saturated rings. The van der Waals surface area contributed by atoms with Crippen LogP contribution in [0.1, 0.15) is 27.7 Å². The summed E-state index contributed by atoms with van der Waals surface area (Å²) in [6.45, 7) is 6.31. The van der Waals surface area contributed by atoms with Gasteiger partial charge in [-0.05, 0) is 27.7 Å². The molecule has 1 aromatic rings. The van der Waals surface area contributed by atoms with Gasteiger partial charge < -0.3 is 20.3 Å². The Balaban J connectivity index is 0.000000304. The first kappa shape index (κ1) is 16.1. The average molecular weight is 244 g/mol. The fourth-order valence-corrected chi connectivity index (χ4v) is 0.573. The summed E-state index contributed by atoms with van der Waals surface area (Å²) >= 11 is 0. The first-order valence-corrected chi connectivity index (χ1v) is 5.24. The van der Waals surface area contributed by atoms with E-state index in [2.05, 4.69) is 5.10 Å². The van der Waals surface area contributed by atoms with Gasteiger partial charge in [-0.3, -0.25) is 4.68 Å². The van der Waals surface area contributed by atoms with Crippen molar-refractivity contribution in [1.82, 2.24) is 9.78 Å². The molecule has 0 saturated heterocycles. The van der Waals surface area contributed by atoms with Gasteiger partial charge in [0.25, 0.3) is 0 Å². The normalized spacial score (nSPS) is 11.8. The molecule has 7 heteroatoms. The predicted octanol–water partition coefficient (Wildman–Crippen LogP) is -1.37. The van der Waals surface area contributed by atoms with Gasteiger partial charge in [0, 0.05) is 24.9 Å². The van der Waals surface area contributed by atoms with Crippen molar-refractivity contribution in [3.05, 3.63) is 12.4 Å². The SMILES string of the molecule is CC(C)(O)C(C)(C)O.Cn1cc(B(O)O)cn1. The van der Waals surface area contributed by atoms with Crippen LogP contribution in [-0.2, 0) is 7.05 Å². The lowest BCUT2D eigenvalue weighted by molar-refractivity contribution is -0.107. The minimum absolute atomic E-state index is 0.414. The zero-order valence-corrected chi connectivity index (χ0v) is 10.9. The minimum Gasteiger partial charge on any atom is -0.423 e. The zero-order chi connectivity index (χ0) is 13.9. The third kappa shape index (κ3) is 5.83. The average Bonchev–Trinajstić information content (AvgIpc) is 2.49. The number of aromatic nitrogens is 2. The molecule has 0 radical (unpaired) electrons. The predicted molar refractivity (Wildman–Crippen MR) is 65.6 cm³/mol. The second-order valence-corrected chi connectivity index (χ2v) is 4.94. The van der Waals surface area contributed by atoms with Crippen molar-refractivity contribution >= 4 is 12.6 Å². The van der Waals surface area contributed by atoms with Gasteiger partial charge in [-0.25, -0.2) is 0 Å². The van der Waals surface area contributed by atoms with Crippen LogP contribution >= 0.6 is 0 Å². The van der Waals surface area contributed by atoms with Crippen molar-refractivity contribution in [3.63, 3.8) is 0 Å². The second-order valence-electron chi connectivity index (χ2n) is 4.94. The molecule has 98 valence electrons. The van der Waals surface area contributed by atoms with Gasteiger partial charge in [0.05, 0.1) is 11.2 Å². The molecule has 0 saturated carbocycles. The van der Waals surface area contributed by atoms with E-state index in [0.717, 1.165) is 0 Å². The van der Waals surface area contributed by atoms with Gasteiger partial charge in [0.1, 0.15) is 0 Å². The molecule has 0 unspecified atom stereocenters. The molecular formula is C10H21BN2O4. The Kier molecular flexibility index (Phi) is 5.34. The molecule has 6 nitrogen and oxygen atoms in total. The van der Waals surface area contributed by atoms with E-state index < -0.39 is 18.3 Å². The number of hydrogen-bond donors (Lipinski definition) is 4. The van der Waals surface area contributed by atoms with Crippen LogP contribution in [0.4, 0.5) is 0 Å². The van der Waals surface area contributed by atoms with E-state index in [-0.39, 0.29) is 0 Å². The smallest absolute Gasteiger partial charge is 0.423 e. The highest BCUT2D eigenvalue weighted by molar-refractivity contribution is 6.58. The number of rotatable bonds is 2. The molecule has 0 spiro atoms. The summed E-state index contributed by atoms with van der Waals surface area (Å²) in [4.78, 5) is 0. The van der Waals surface area contributed by atoms with Gasteiger partial charge in [-0.1, -0.05) is 0 Å². The summed E-state index contributed by atoms with van der Waals surface area (Å²) in [6, 6.07) is 0. The molecule has 0 atom stereocenters. The summed E-state index contributed by atoms with van der Waals surface area (Å²) in [7, 11) is 0.310. The van der Waals surface area contributed by atoms with E-state index in [4.69, 9.17) is 20.3 Å². The van der Waals surface area contributed by atoms with E-state index in [1.165, 1.54) is 10.9 Å². The summed E-state index contributed by atoms with van der Waals surface area (Å²) in [5.74, 6) is 0. The lowest BCUT2D eigenvalue weighted by atomic mass is 9.83. The summed E-state index contributed by atoms with van der Waals surface area (Å²) in [5, 5.41) is 39.0. The van der Waals surface area contributed by atoms with E-state index >= 15 is 0 Å². The Morgan fingerprint density at radius 1 is 1.12 bits per heavy atom. The standard InChI is InChI=1S/C6H14O2.C4H7BN2O2/c1-5(2,7)6(3,4)8;1-7-3-4(2-6-7)5(8)9/h7-8H,1-4H3;2-3,8-9H,1H3. The maximum Gasteiger partial charge on any atom is 0.491 e. The summed E-state index contributed by atoms with van der Waals surface area (Å²) in [6.07, 6.45) is 2.95. The topological polar surface area (TPSA) is 98.7 Å². The van der Waals surface area contributed by atoms with Crippen molar-refractivity contribution < 1.29 is 20.3 Å². The van der Waals surface area contributed by atoms with Crippen LogP contribution in [0, 0.1) is 0 Å². The van der Waals surface area contributed by atoms with Gasteiger partial charge in [0.2, 0.25) is 0 Å². The van der Waals surface area contributed by atoms with Gasteiger partial charge in [-0.2, -0.15) is 5.10 Å². The highest BCUT2D eigenvalue weighted by Crippen LogP contribution is 2.19. The molecule has 0 amide bonds. The van der Waals surface area contributed by atoms with E-state index in [9.17, 15) is 0 Å². The maximum atomic E-state index is 9.10. The first-order valence-electron chi connectivity index (χ1n) is 5.24. The Bertz CT molecular complexity index is 327. The lowest BCUT2D eigenvalue weighted by Crippen LogP contribution is -2.44. The number of nitrogens with zero attached hydrogens (tertiary/aromatic N) is 2. The van der Waals surface area contributed by atoms with Crippen LogP contribution in [0.5, 0.6) is 0 Å². The lowest BCUT2D eigenvalue weighted by Gasteiger charge is -2.31. The first-order chi connectivity index (χ1) is 7.45.